The lowest BCUT2D eigenvalue weighted by atomic mass is 10.1. The molecule has 0 aliphatic carbocycles. The van der Waals surface area contributed by atoms with E-state index in [4.69, 9.17) is 25.5 Å². The minimum Gasteiger partial charge on any atom is -0.497 e. The quantitative estimate of drug-likeness (QED) is 0.0797. The van der Waals surface area contributed by atoms with Gasteiger partial charge in [0, 0.05) is 34.7 Å². The van der Waals surface area contributed by atoms with Crippen LogP contribution in [0.1, 0.15) is 33.4 Å². The predicted octanol–water partition coefficient (Wildman–Crippen LogP) is 11.0. The van der Waals surface area contributed by atoms with Crippen LogP contribution in [0, 0.1) is 31.8 Å². The molecule has 0 radical (unpaired) electrons. The molecule has 358 valence electrons. The number of nitrogens with one attached hydrogen (secondary N) is 1. The SMILES string of the molecule is Cc1cc(Oc2ccc(S(=O)(=O)Nc3ncns3)cc2C#N)cc(C(F)(F)F)c1.[C-]#[N+]c1cc(Oc2cc(C)cc(C(F)(F)F)c2)ccc1S(=O)(=O)N(Cc1ccc(OC)cc1OC)c1ncns1. The Labute approximate surface area is 398 Å². The van der Waals surface area contributed by atoms with Crippen LogP contribution in [-0.4, -0.2) is 49.8 Å². The largest absolute Gasteiger partial charge is 0.497 e. The first-order chi connectivity index (χ1) is 32.5. The third kappa shape index (κ3) is 12.5. The maximum Gasteiger partial charge on any atom is 0.416 e. The molecule has 0 amide bonds. The van der Waals surface area contributed by atoms with Crippen molar-refractivity contribution in [2.75, 3.05) is 23.2 Å². The van der Waals surface area contributed by atoms with Crippen molar-refractivity contribution in [1.29, 1.82) is 5.26 Å². The Balaban J connectivity index is 0.000000239. The van der Waals surface area contributed by atoms with Gasteiger partial charge in [0.1, 0.15) is 53.2 Å². The van der Waals surface area contributed by atoms with E-state index in [9.17, 15) is 48.4 Å². The van der Waals surface area contributed by atoms with Gasteiger partial charge in [0.15, 0.2) is 0 Å². The van der Waals surface area contributed by atoms with Gasteiger partial charge in [-0.1, -0.05) is 0 Å². The van der Waals surface area contributed by atoms with Gasteiger partial charge in [0.05, 0.1) is 53.8 Å². The van der Waals surface area contributed by atoms with E-state index in [0.717, 1.165) is 69.8 Å². The molecule has 2 heterocycles. The molecule has 0 unspecified atom stereocenters. The van der Waals surface area contributed by atoms with Crippen molar-refractivity contribution in [3.05, 3.63) is 148 Å². The first-order valence-electron chi connectivity index (χ1n) is 19.1. The zero-order valence-corrected chi connectivity index (χ0v) is 39.1. The number of anilines is 2. The number of sulfonamides is 2. The van der Waals surface area contributed by atoms with Crippen molar-refractivity contribution >= 4 is 59.1 Å². The number of rotatable bonds is 14. The molecule has 0 atom stereocenters. The third-order valence-corrected chi connectivity index (χ3v) is 13.8. The molecule has 7 aromatic rings. The highest BCUT2D eigenvalue weighted by atomic mass is 32.2. The number of halogens is 6. The molecule has 0 spiro atoms. The Morgan fingerprint density at radius 3 is 1.90 bits per heavy atom. The highest BCUT2D eigenvalue weighted by molar-refractivity contribution is 7.93. The normalized spacial score (nSPS) is 11.6. The number of aromatic nitrogens is 4. The van der Waals surface area contributed by atoms with Crippen LogP contribution in [0.4, 0.5) is 42.3 Å². The molecule has 7 rings (SSSR count). The zero-order chi connectivity index (χ0) is 50.3. The number of alkyl halides is 6. The topological polar surface area (TPSA) is 200 Å². The highest BCUT2D eigenvalue weighted by Gasteiger charge is 2.34. The molecule has 5 aromatic carbocycles. The monoisotopic (exact) mass is 1030 g/mol. The summed E-state index contributed by atoms with van der Waals surface area (Å²) in [6.45, 7) is 10.4. The summed E-state index contributed by atoms with van der Waals surface area (Å²) in [6.07, 6.45) is -6.75. The average molecular weight is 1030 g/mol. The summed E-state index contributed by atoms with van der Waals surface area (Å²) in [7, 11) is -5.51. The molecule has 1 N–H and O–H groups in total. The van der Waals surface area contributed by atoms with Crippen LogP contribution < -0.4 is 28.0 Å². The Morgan fingerprint density at radius 2 is 1.35 bits per heavy atom. The van der Waals surface area contributed by atoms with E-state index >= 15 is 0 Å². The lowest BCUT2D eigenvalue weighted by Gasteiger charge is -2.23. The minimum absolute atomic E-state index is 0.0111. The zero-order valence-electron chi connectivity index (χ0n) is 35.8. The van der Waals surface area contributed by atoms with Gasteiger partial charge < -0.3 is 18.9 Å². The number of hydrogen-bond acceptors (Lipinski definition) is 15. The van der Waals surface area contributed by atoms with Crippen LogP contribution in [0.15, 0.2) is 113 Å². The minimum atomic E-state index is -4.58. The molecule has 0 saturated carbocycles. The van der Waals surface area contributed by atoms with E-state index in [1.807, 2.05) is 0 Å². The third-order valence-electron chi connectivity index (χ3n) is 9.17. The van der Waals surface area contributed by atoms with E-state index < -0.39 is 43.5 Å². The lowest BCUT2D eigenvalue weighted by molar-refractivity contribution is -0.138. The first-order valence-corrected chi connectivity index (χ1v) is 23.6. The number of nitrogens with zero attached hydrogens (tertiary/aromatic N) is 7. The number of benzene rings is 5. The van der Waals surface area contributed by atoms with E-state index in [-0.39, 0.29) is 60.8 Å². The molecule has 0 aliphatic heterocycles. The molecule has 0 fully saturated rings. The Bertz CT molecular complexity index is 3290. The number of ether oxygens (including phenoxy) is 4. The summed E-state index contributed by atoms with van der Waals surface area (Å²) < 4.78 is 164. The highest BCUT2D eigenvalue weighted by Crippen LogP contribution is 2.40. The maximum atomic E-state index is 13.9. The fraction of sp³-hybridized carbons (Fsp3) is 0.163. The maximum absolute atomic E-state index is 13.9. The lowest BCUT2D eigenvalue weighted by Crippen LogP contribution is -2.30. The number of hydrogen-bond donors (Lipinski definition) is 1. The Kier molecular flexibility index (Phi) is 15.3. The van der Waals surface area contributed by atoms with Gasteiger partial charge in [-0.15, -0.1) is 0 Å². The predicted molar refractivity (Wildman–Crippen MR) is 240 cm³/mol. The van der Waals surface area contributed by atoms with Crippen LogP contribution in [0.3, 0.4) is 0 Å². The molecule has 2 aromatic heterocycles. The first kappa shape index (κ1) is 50.9. The van der Waals surface area contributed by atoms with Crippen molar-refractivity contribution < 1.29 is 62.1 Å². The van der Waals surface area contributed by atoms with Gasteiger partial charge in [-0.05, 0) is 110 Å². The van der Waals surface area contributed by atoms with Gasteiger partial charge in [-0.25, -0.2) is 36.0 Å². The molecule has 69 heavy (non-hydrogen) atoms. The number of methoxy groups -OCH3 is 2. The van der Waals surface area contributed by atoms with Crippen molar-refractivity contribution in [2.45, 2.75) is 42.5 Å². The van der Waals surface area contributed by atoms with E-state index in [1.165, 1.54) is 71.1 Å². The van der Waals surface area contributed by atoms with E-state index in [0.29, 0.717) is 28.2 Å². The smallest absolute Gasteiger partial charge is 0.416 e. The fourth-order valence-electron chi connectivity index (χ4n) is 6.10. The van der Waals surface area contributed by atoms with Gasteiger partial charge in [-0.3, -0.25) is 4.72 Å². The van der Waals surface area contributed by atoms with Gasteiger partial charge in [0.25, 0.3) is 20.0 Å². The second-order valence-electron chi connectivity index (χ2n) is 14.0. The van der Waals surface area contributed by atoms with Crippen LogP contribution >= 0.6 is 23.1 Å². The fourth-order valence-corrected chi connectivity index (χ4v) is 10.0. The molecular weight excluding hydrogens is 999 g/mol. The summed E-state index contributed by atoms with van der Waals surface area (Å²) in [5.74, 6) is 0.545. The van der Waals surface area contributed by atoms with Crippen LogP contribution in [-0.2, 0) is 38.9 Å². The van der Waals surface area contributed by atoms with Crippen molar-refractivity contribution in [3.8, 4) is 40.6 Å². The second-order valence-corrected chi connectivity index (χ2v) is 19.1. The summed E-state index contributed by atoms with van der Waals surface area (Å²) >= 11 is 1.67. The van der Waals surface area contributed by atoms with E-state index in [2.05, 4.69) is 28.3 Å². The van der Waals surface area contributed by atoms with Crippen LogP contribution in [0.2, 0.25) is 0 Å². The van der Waals surface area contributed by atoms with Gasteiger partial charge >= 0.3 is 12.4 Å². The summed E-state index contributed by atoms with van der Waals surface area (Å²) in [4.78, 5) is 10.5. The Morgan fingerprint density at radius 1 is 0.725 bits per heavy atom. The summed E-state index contributed by atoms with van der Waals surface area (Å²) in [5, 5.41) is 9.43. The molecular formula is C43H32F6N8O8S4. The van der Waals surface area contributed by atoms with Crippen molar-refractivity contribution in [1.82, 2.24) is 18.7 Å². The standard InChI is InChI=1S/C26H21F3N4O5S2.C17H11F3N4O3S2/c1-16-9-18(26(27,28)29)11-21(10-16)38-20-7-8-24(22(12-20)30-2)40(34,35)33(25-31-15-32-39-25)14-17-5-6-19(36-3)13-23(17)37-4;1-10-4-12(17(18,19)20)7-13(5-10)27-15-3-2-14(6-11(15)8-21)29(25,26)24-16-22-9-23-28-16/h5-13,15H,14H2,1,3-4H3;2-7,9H,1H3,(H,22,23,24). The molecule has 0 aliphatic rings. The van der Waals surface area contributed by atoms with E-state index in [1.54, 1.807) is 24.3 Å². The summed E-state index contributed by atoms with van der Waals surface area (Å²) in [5.41, 5.74) is -1.13. The average Bonchev–Trinajstić information content (AvgIpc) is 4.02. The van der Waals surface area contributed by atoms with Gasteiger partial charge in [0.2, 0.25) is 16.0 Å². The van der Waals surface area contributed by atoms with Crippen molar-refractivity contribution in [2.24, 2.45) is 0 Å². The second kappa shape index (κ2) is 20.8. The van der Waals surface area contributed by atoms with Crippen LogP contribution in [0.25, 0.3) is 4.85 Å². The number of nitriles is 1. The molecule has 0 saturated heterocycles. The molecule has 26 heteroatoms. The van der Waals surface area contributed by atoms with Crippen LogP contribution in [0.5, 0.6) is 34.5 Å². The van der Waals surface area contributed by atoms with Crippen molar-refractivity contribution in [3.63, 3.8) is 0 Å². The molecule has 0 bridgehead atoms. The molecule has 16 nitrogen and oxygen atoms in total. The summed E-state index contributed by atoms with van der Waals surface area (Å²) in [6, 6.07) is 20.0. The Hall–Kier alpha value is -7.52. The van der Waals surface area contributed by atoms with Gasteiger partial charge in [-0.2, -0.15) is 40.4 Å². The number of aryl methyl sites for hydroxylation is 2.